The lowest BCUT2D eigenvalue weighted by Crippen LogP contribution is -2.33. The molecule has 0 radical (unpaired) electrons. The second-order valence-electron chi connectivity index (χ2n) is 12.8. The molecule has 0 saturated heterocycles. The van der Waals surface area contributed by atoms with Gasteiger partial charge in [0.15, 0.2) is 34.5 Å². The fourth-order valence-electron chi connectivity index (χ4n) is 7.40. The number of benzene rings is 4. The van der Waals surface area contributed by atoms with E-state index < -0.39 is 0 Å². The van der Waals surface area contributed by atoms with Gasteiger partial charge in [-0.3, -0.25) is 9.80 Å². The summed E-state index contributed by atoms with van der Waals surface area (Å²) in [4.78, 5) is 4.80. The molecule has 0 aromatic heterocycles. The highest BCUT2D eigenvalue weighted by atomic mass is 16.7. The number of ether oxygens (including phenoxy) is 7. The highest BCUT2D eigenvalue weighted by Crippen LogP contribution is 2.50. The predicted molar refractivity (Wildman–Crippen MR) is 184 cm³/mol. The van der Waals surface area contributed by atoms with Gasteiger partial charge in [-0.25, -0.2) is 0 Å². The second-order valence-corrected chi connectivity index (χ2v) is 12.8. The van der Waals surface area contributed by atoms with Gasteiger partial charge in [0.2, 0.25) is 12.5 Å². The van der Waals surface area contributed by atoms with E-state index >= 15 is 0 Å². The first-order valence-corrected chi connectivity index (χ1v) is 16.5. The zero-order valence-corrected chi connectivity index (χ0v) is 28.6. The number of fused-ring (bicyclic) bond motifs is 3. The maximum Gasteiger partial charge on any atom is 0.231 e. The summed E-state index contributed by atoms with van der Waals surface area (Å²) in [5.74, 6) is 5.92. The Morgan fingerprint density at radius 1 is 0.646 bits per heavy atom. The van der Waals surface area contributed by atoms with Crippen LogP contribution in [0, 0.1) is 0 Å². The molecule has 3 aliphatic heterocycles. The van der Waals surface area contributed by atoms with Gasteiger partial charge in [-0.15, -0.1) is 0 Å². The Hall–Kier alpha value is -4.60. The molecule has 2 unspecified atom stereocenters. The minimum Gasteiger partial charge on any atom is -0.493 e. The summed E-state index contributed by atoms with van der Waals surface area (Å²) in [6.45, 7) is 2.15. The minimum atomic E-state index is 0.144. The number of likely N-dealkylation sites (N-methyl/N-ethyl adjacent to an activating group) is 2. The van der Waals surface area contributed by atoms with Crippen LogP contribution in [0.4, 0.5) is 0 Å². The summed E-state index contributed by atoms with van der Waals surface area (Å²) in [6, 6.07) is 21.3. The van der Waals surface area contributed by atoms with Crippen molar-refractivity contribution < 1.29 is 33.2 Å². The van der Waals surface area contributed by atoms with Crippen molar-refractivity contribution in [3.8, 4) is 46.0 Å². The third-order valence-electron chi connectivity index (χ3n) is 10.1. The average Bonchev–Trinajstić information content (AvgIpc) is 3.58. The van der Waals surface area contributed by atoms with Crippen LogP contribution in [0.5, 0.6) is 46.0 Å². The largest absolute Gasteiger partial charge is 0.493 e. The first kappa shape index (κ1) is 32.0. The topological polar surface area (TPSA) is 71.1 Å². The van der Waals surface area contributed by atoms with Gasteiger partial charge in [-0.05, 0) is 110 Å². The average molecular weight is 653 g/mol. The lowest BCUT2D eigenvalue weighted by Gasteiger charge is -2.36. The normalized spacial score (nSPS) is 18.5. The summed E-state index contributed by atoms with van der Waals surface area (Å²) in [7, 11) is 11.1. The summed E-state index contributed by atoms with van der Waals surface area (Å²) >= 11 is 0. The molecule has 9 heteroatoms. The zero-order chi connectivity index (χ0) is 33.4. The highest BCUT2D eigenvalue weighted by molar-refractivity contribution is 5.62. The maximum atomic E-state index is 6.47. The van der Waals surface area contributed by atoms with Crippen molar-refractivity contribution in [1.29, 1.82) is 0 Å². The molecule has 7 rings (SSSR count). The van der Waals surface area contributed by atoms with E-state index in [-0.39, 0.29) is 18.9 Å². The number of hydrogen-bond acceptors (Lipinski definition) is 9. The Labute approximate surface area is 282 Å². The number of nitrogens with zero attached hydrogens (tertiary/aromatic N) is 2. The zero-order valence-electron chi connectivity index (χ0n) is 28.6. The number of rotatable bonds is 10. The van der Waals surface area contributed by atoms with E-state index in [1.165, 1.54) is 27.8 Å². The maximum absolute atomic E-state index is 6.47. The Morgan fingerprint density at radius 2 is 1.31 bits per heavy atom. The molecule has 4 aromatic rings. The van der Waals surface area contributed by atoms with Crippen LogP contribution in [0.2, 0.25) is 0 Å². The highest BCUT2D eigenvalue weighted by Gasteiger charge is 2.34. The molecule has 3 heterocycles. The summed E-state index contributed by atoms with van der Waals surface area (Å²) in [5.41, 5.74) is 7.38. The molecule has 252 valence electrons. The van der Waals surface area contributed by atoms with Gasteiger partial charge in [0, 0.05) is 30.7 Å². The van der Waals surface area contributed by atoms with E-state index in [2.05, 4.69) is 66.4 Å². The van der Waals surface area contributed by atoms with E-state index in [0.29, 0.717) is 17.2 Å². The van der Waals surface area contributed by atoms with E-state index in [4.69, 9.17) is 33.2 Å². The Balaban J connectivity index is 1.10. The van der Waals surface area contributed by atoms with Crippen LogP contribution in [-0.4, -0.2) is 72.2 Å². The Bertz CT molecular complexity index is 1790. The standard InChI is InChI=1S/C39H44N2O7/c1-40-15-13-26-20-33(43-4)34(44-5)22-29(26)30(40)18-25-9-12-32(42-3)35(19-25)48-28-10-7-24(8-11-28)17-31-37-27(14-16-41(31)2)21-36-38(39(37)45-6)47-23-46-36/h7-12,19-22,30-31H,13-18,23H2,1-6H3. The summed E-state index contributed by atoms with van der Waals surface area (Å²) in [6.07, 6.45) is 3.55. The molecule has 48 heavy (non-hydrogen) atoms. The molecule has 9 nitrogen and oxygen atoms in total. The molecule has 0 spiro atoms. The number of methoxy groups -OCH3 is 4. The molecule has 0 saturated carbocycles. The van der Waals surface area contributed by atoms with Crippen molar-refractivity contribution in [2.24, 2.45) is 0 Å². The van der Waals surface area contributed by atoms with Crippen molar-refractivity contribution in [3.63, 3.8) is 0 Å². The van der Waals surface area contributed by atoms with Gasteiger partial charge in [0.05, 0.1) is 28.4 Å². The molecule has 3 aliphatic rings. The van der Waals surface area contributed by atoms with Crippen molar-refractivity contribution in [2.45, 2.75) is 37.8 Å². The molecule has 2 atom stereocenters. The van der Waals surface area contributed by atoms with Gasteiger partial charge in [-0.2, -0.15) is 0 Å². The van der Waals surface area contributed by atoms with E-state index in [1.54, 1.807) is 28.4 Å². The summed E-state index contributed by atoms with van der Waals surface area (Å²) in [5, 5.41) is 0. The SMILES string of the molecule is COc1cc2c(cc1OC)C(Cc1ccc(OC)c(Oc3ccc(CC4c5c(cc6c(c5OC)OCO6)CCN4C)cc3)c1)N(C)CC2. The summed E-state index contributed by atoms with van der Waals surface area (Å²) < 4.78 is 40.8. The van der Waals surface area contributed by atoms with Crippen LogP contribution < -0.4 is 33.2 Å². The first-order chi connectivity index (χ1) is 23.4. The predicted octanol–water partition coefficient (Wildman–Crippen LogP) is 6.79. The van der Waals surface area contributed by atoms with Crippen LogP contribution >= 0.6 is 0 Å². The van der Waals surface area contributed by atoms with Gasteiger partial charge >= 0.3 is 0 Å². The Kier molecular flexibility index (Phi) is 8.98. The molecule has 0 amide bonds. The molecule has 4 aromatic carbocycles. The lowest BCUT2D eigenvalue weighted by atomic mass is 9.87. The van der Waals surface area contributed by atoms with Crippen molar-refractivity contribution in [3.05, 3.63) is 94.0 Å². The van der Waals surface area contributed by atoms with Crippen LogP contribution in [-0.2, 0) is 25.7 Å². The minimum absolute atomic E-state index is 0.144. The van der Waals surface area contributed by atoms with Gasteiger partial charge in [0.25, 0.3) is 0 Å². The third-order valence-corrected chi connectivity index (χ3v) is 10.1. The molecule has 0 aliphatic carbocycles. The molecule has 0 bridgehead atoms. The molecular weight excluding hydrogens is 608 g/mol. The van der Waals surface area contributed by atoms with Crippen LogP contribution in [0.3, 0.4) is 0 Å². The fourth-order valence-corrected chi connectivity index (χ4v) is 7.40. The van der Waals surface area contributed by atoms with Crippen LogP contribution in [0.1, 0.15) is 45.5 Å². The van der Waals surface area contributed by atoms with Gasteiger partial charge < -0.3 is 33.2 Å². The van der Waals surface area contributed by atoms with Crippen molar-refractivity contribution >= 4 is 0 Å². The van der Waals surface area contributed by atoms with E-state index in [9.17, 15) is 0 Å². The third kappa shape index (κ3) is 5.97. The molecular formula is C39H44N2O7. The second kappa shape index (κ2) is 13.5. The van der Waals surface area contributed by atoms with Crippen LogP contribution in [0.15, 0.2) is 60.7 Å². The smallest absolute Gasteiger partial charge is 0.231 e. The number of hydrogen-bond donors (Lipinski definition) is 0. The van der Waals surface area contributed by atoms with E-state index in [0.717, 1.165) is 73.1 Å². The first-order valence-electron chi connectivity index (χ1n) is 16.5. The van der Waals surface area contributed by atoms with Gasteiger partial charge in [-0.1, -0.05) is 18.2 Å². The lowest BCUT2D eigenvalue weighted by molar-refractivity contribution is 0.170. The van der Waals surface area contributed by atoms with Gasteiger partial charge in [0.1, 0.15) is 5.75 Å². The van der Waals surface area contributed by atoms with Crippen molar-refractivity contribution in [1.82, 2.24) is 9.80 Å². The molecule has 0 fully saturated rings. The van der Waals surface area contributed by atoms with Crippen LogP contribution in [0.25, 0.3) is 0 Å². The van der Waals surface area contributed by atoms with Crippen molar-refractivity contribution in [2.75, 3.05) is 62.4 Å². The quantitative estimate of drug-likeness (QED) is 0.184. The van der Waals surface area contributed by atoms with E-state index in [1.807, 2.05) is 18.2 Å². The Morgan fingerprint density at radius 3 is 2.04 bits per heavy atom. The fraction of sp³-hybridized carbons (Fsp3) is 0.385. The molecule has 0 N–H and O–H groups in total. The monoisotopic (exact) mass is 652 g/mol.